The third kappa shape index (κ3) is 5.03. The van der Waals surface area contributed by atoms with E-state index in [0.29, 0.717) is 12.5 Å². The highest BCUT2D eigenvalue weighted by atomic mass is 16.4. The quantitative estimate of drug-likeness (QED) is 0.820. The molecule has 0 aliphatic heterocycles. The van der Waals surface area contributed by atoms with E-state index in [-0.39, 0.29) is 6.42 Å². The second-order valence-corrected chi connectivity index (χ2v) is 5.42. The number of nitrogens with zero attached hydrogens (tertiary/aromatic N) is 1. The third-order valence-electron chi connectivity index (χ3n) is 3.66. The zero-order valence-electron chi connectivity index (χ0n) is 12.4. The van der Waals surface area contributed by atoms with Gasteiger partial charge >= 0.3 is 5.97 Å². The van der Waals surface area contributed by atoms with Gasteiger partial charge in [-0.25, -0.2) is 0 Å². The molecule has 3 heteroatoms. The summed E-state index contributed by atoms with van der Waals surface area (Å²) in [5.74, 6) is -0.713. The summed E-state index contributed by atoms with van der Waals surface area (Å²) in [7, 11) is 0. The van der Waals surface area contributed by atoms with Crippen molar-refractivity contribution in [2.75, 3.05) is 6.54 Å². The first kappa shape index (κ1) is 15.7. The zero-order valence-corrected chi connectivity index (χ0v) is 12.4. The Balaban J connectivity index is 2.67. The second kappa shape index (κ2) is 7.29. The second-order valence-electron chi connectivity index (χ2n) is 5.42. The van der Waals surface area contributed by atoms with Gasteiger partial charge in [-0.3, -0.25) is 9.69 Å². The highest BCUT2D eigenvalue weighted by molar-refractivity contribution is 5.66. The van der Waals surface area contributed by atoms with Crippen LogP contribution in [0.5, 0.6) is 0 Å². The predicted octanol–water partition coefficient (Wildman–Crippen LogP) is 3.38. The maximum atomic E-state index is 10.6. The SMILES string of the molecule is Cc1cccc(CN(CCCC(=O)O)C(C)C)c1C. The highest BCUT2D eigenvalue weighted by Crippen LogP contribution is 2.16. The van der Waals surface area contributed by atoms with Gasteiger partial charge in [0.1, 0.15) is 0 Å². The lowest BCUT2D eigenvalue weighted by Gasteiger charge is -2.27. The average Bonchev–Trinajstić information content (AvgIpc) is 2.32. The number of carboxylic acid groups (broad SMARTS) is 1. The lowest BCUT2D eigenvalue weighted by Crippen LogP contribution is -2.32. The van der Waals surface area contributed by atoms with Gasteiger partial charge in [0, 0.05) is 19.0 Å². The molecule has 106 valence electrons. The molecule has 0 saturated heterocycles. The van der Waals surface area contributed by atoms with E-state index < -0.39 is 5.97 Å². The van der Waals surface area contributed by atoms with Crippen molar-refractivity contribution < 1.29 is 9.90 Å². The molecule has 0 amide bonds. The summed E-state index contributed by atoms with van der Waals surface area (Å²) in [6, 6.07) is 6.80. The standard InChI is InChI=1S/C16H25NO2/c1-12(2)17(10-6-9-16(18)19)11-15-8-5-7-13(3)14(15)4/h5,7-8,12H,6,9-11H2,1-4H3,(H,18,19). The van der Waals surface area contributed by atoms with Crippen molar-refractivity contribution in [1.82, 2.24) is 4.90 Å². The van der Waals surface area contributed by atoms with Crippen LogP contribution in [0.3, 0.4) is 0 Å². The Labute approximate surface area is 116 Å². The minimum Gasteiger partial charge on any atom is -0.481 e. The fourth-order valence-electron chi connectivity index (χ4n) is 2.16. The van der Waals surface area contributed by atoms with E-state index in [9.17, 15) is 4.79 Å². The van der Waals surface area contributed by atoms with Gasteiger partial charge in [-0.1, -0.05) is 18.2 Å². The van der Waals surface area contributed by atoms with Crippen molar-refractivity contribution in [3.8, 4) is 0 Å². The van der Waals surface area contributed by atoms with Crippen LogP contribution >= 0.6 is 0 Å². The number of carbonyl (C=O) groups is 1. The number of benzene rings is 1. The van der Waals surface area contributed by atoms with Crippen molar-refractivity contribution in [2.45, 2.75) is 53.1 Å². The number of hydrogen-bond donors (Lipinski definition) is 1. The van der Waals surface area contributed by atoms with E-state index in [1.165, 1.54) is 16.7 Å². The van der Waals surface area contributed by atoms with E-state index in [1.807, 2.05) is 0 Å². The Morgan fingerprint density at radius 2 is 2.00 bits per heavy atom. The van der Waals surface area contributed by atoms with Crippen molar-refractivity contribution in [2.24, 2.45) is 0 Å². The molecular formula is C16H25NO2. The molecule has 0 aliphatic carbocycles. The van der Waals surface area contributed by atoms with Gasteiger partial charge in [0.05, 0.1) is 0 Å². The molecule has 3 nitrogen and oxygen atoms in total. The maximum Gasteiger partial charge on any atom is 0.303 e. The van der Waals surface area contributed by atoms with Gasteiger partial charge in [-0.2, -0.15) is 0 Å². The largest absolute Gasteiger partial charge is 0.481 e. The molecule has 0 bridgehead atoms. The first-order chi connectivity index (χ1) is 8.91. The monoisotopic (exact) mass is 263 g/mol. The van der Waals surface area contributed by atoms with E-state index in [0.717, 1.165) is 13.1 Å². The van der Waals surface area contributed by atoms with E-state index in [1.54, 1.807) is 0 Å². The number of carboxylic acids is 1. The Morgan fingerprint density at radius 1 is 1.32 bits per heavy atom. The van der Waals surface area contributed by atoms with Crippen molar-refractivity contribution in [3.05, 3.63) is 34.9 Å². The molecule has 0 unspecified atom stereocenters. The first-order valence-electron chi connectivity index (χ1n) is 6.92. The van der Waals surface area contributed by atoms with Crippen molar-refractivity contribution in [3.63, 3.8) is 0 Å². The topological polar surface area (TPSA) is 40.5 Å². The van der Waals surface area contributed by atoms with Gasteiger partial charge in [0.25, 0.3) is 0 Å². The van der Waals surface area contributed by atoms with Crippen LogP contribution in [-0.2, 0) is 11.3 Å². The number of aryl methyl sites for hydroxylation is 1. The summed E-state index contributed by atoms with van der Waals surface area (Å²) < 4.78 is 0. The molecule has 0 heterocycles. The molecular weight excluding hydrogens is 238 g/mol. The third-order valence-corrected chi connectivity index (χ3v) is 3.66. The Morgan fingerprint density at radius 3 is 2.58 bits per heavy atom. The van der Waals surface area contributed by atoms with Gasteiger partial charge in [-0.05, 0) is 57.4 Å². The molecule has 1 rings (SSSR count). The van der Waals surface area contributed by atoms with Crippen LogP contribution in [0.25, 0.3) is 0 Å². The van der Waals surface area contributed by atoms with Gasteiger partial charge in [0.15, 0.2) is 0 Å². The average molecular weight is 263 g/mol. The van der Waals surface area contributed by atoms with Gasteiger partial charge in [-0.15, -0.1) is 0 Å². The van der Waals surface area contributed by atoms with Crippen LogP contribution in [0.15, 0.2) is 18.2 Å². The molecule has 0 radical (unpaired) electrons. The van der Waals surface area contributed by atoms with E-state index in [4.69, 9.17) is 5.11 Å². The highest BCUT2D eigenvalue weighted by Gasteiger charge is 2.12. The molecule has 0 atom stereocenters. The summed E-state index contributed by atoms with van der Waals surface area (Å²) in [6.45, 7) is 10.3. The van der Waals surface area contributed by atoms with Crippen LogP contribution in [-0.4, -0.2) is 28.6 Å². The van der Waals surface area contributed by atoms with Crippen molar-refractivity contribution in [1.29, 1.82) is 0 Å². The fourth-order valence-corrected chi connectivity index (χ4v) is 2.16. The molecule has 19 heavy (non-hydrogen) atoms. The summed E-state index contributed by atoms with van der Waals surface area (Å²) in [5, 5.41) is 8.72. The maximum absolute atomic E-state index is 10.6. The zero-order chi connectivity index (χ0) is 14.4. The summed E-state index contributed by atoms with van der Waals surface area (Å²) in [4.78, 5) is 12.9. The lowest BCUT2D eigenvalue weighted by molar-refractivity contribution is -0.137. The van der Waals surface area contributed by atoms with Crippen LogP contribution in [0, 0.1) is 13.8 Å². The lowest BCUT2D eigenvalue weighted by atomic mass is 10.0. The molecule has 0 aliphatic rings. The first-order valence-corrected chi connectivity index (χ1v) is 6.92. The smallest absolute Gasteiger partial charge is 0.303 e. The van der Waals surface area contributed by atoms with Gasteiger partial charge in [0.2, 0.25) is 0 Å². The molecule has 1 aromatic carbocycles. The predicted molar refractivity (Wildman–Crippen MR) is 78.3 cm³/mol. The molecule has 0 aromatic heterocycles. The summed E-state index contributed by atoms with van der Waals surface area (Å²) >= 11 is 0. The summed E-state index contributed by atoms with van der Waals surface area (Å²) in [5.41, 5.74) is 3.99. The molecule has 0 spiro atoms. The number of aliphatic carboxylic acids is 1. The fraction of sp³-hybridized carbons (Fsp3) is 0.562. The number of hydrogen-bond acceptors (Lipinski definition) is 2. The minimum atomic E-state index is -0.713. The normalized spacial score (nSPS) is 11.3. The Bertz CT molecular complexity index is 427. The molecule has 1 N–H and O–H groups in total. The summed E-state index contributed by atoms with van der Waals surface area (Å²) in [6.07, 6.45) is 0.953. The minimum absolute atomic E-state index is 0.246. The molecule has 1 aromatic rings. The molecule has 0 fully saturated rings. The van der Waals surface area contributed by atoms with Crippen molar-refractivity contribution >= 4 is 5.97 Å². The van der Waals surface area contributed by atoms with Crippen LogP contribution in [0.1, 0.15) is 43.4 Å². The van der Waals surface area contributed by atoms with Crippen LogP contribution in [0.2, 0.25) is 0 Å². The Hall–Kier alpha value is -1.35. The Kier molecular flexibility index (Phi) is 6.03. The van der Waals surface area contributed by atoms with Crippen LogP contribution in [0.4, 0.5) is 0 Å². The van der Waals surface area contributed by atoms with Gasteiger partial charge < -0.3 is 5.11 Å². The molecule has 0 saturated carbocycles. The number of rotatable bonds is 7. The van der Waals surface area contributed by atoms with E-state index >= 15 is 0 Å². The van der Waals surface area contributed by atoms with Crippen LogP contribution < -0.4 is 0 Å². The van der Waals surface area contributed by atoms with E-state index in [2.05, 4.69) is 50.8 Å².